The molecular formula is C19H34N2O5S. The molecule has 1 heterocycles. The zero-order valence-electron chi connectivity index (χ0n) is 16.6. The summed E-state index contributed by atoms with van der Waals surface area (Å²) in [7, 11) is 0. The monoisotopic (exact) mass is 402 g/mol. The molecule has 3 N–H and O–H groups in total. The van der Waals surface area contributed by atoms with Crippen molar-refractivity contribution in [3.8, 4) is 0 Å². The number of esters is 1. The summed E-state index contributed by atoms with van der Waals surface area (Å²) in [4.78, 5) is 13.9. The van der Waals surface area contributed by atoms with Crippen LogP contribution in [0.2, 0.25) is 0 Å². The summed E-state index contributed by atoms with van der Waals surface area (Å²) >= 11 is 1.72. The molecule has 156 valence electrons. The number of carbonyl (C=O) groups excluding carboxylic acids is 1. The molecule has 1 aliphatic carbocycles. The van der Waals surface area contributed by atoms with Crippen molar-refractivity contribution in [1.29, 1.82) is 0 Å². The van der Waals surface area contributed by atoms with Gasteiger partial charge in [-0.2, -0.15) is 11.8 Å². The lowest BCUT2D eigenvalue weighted by molar-refractivity contribution is -0.169. The molecule has 0 aromatic carbocycles. The summed E-state index contributed by atoms with van der Waals surface area (Å²) < 4.78 is 11.0. The van der Waals surface area contributed by atoms with E-state index in [0.717, 1.165) is 24.3 Å². The number of ether oxygens (including phenoxy) is 2. The van der Waals surface area contributed by atoms with Crippen molar-refractivity contribution < 1.29 is 24.5 Å². The standard InChI is InChI=1S/C19H34N2O5S/c1-14-13-19(3,15(14)2)17(23)26-10-12-27-11-9-25-8-4-6-21-7-5-16(22)20-18(21)24/h5,7,14-16,18,20,22,24H,4,6,8-13H2,1-3H3. The molecule has 0 radical (unpaired) electrons. The van der Waals surface area contributed by atoms with Crippen LogP contribution in [0.5, 0.6) is 0 Å². The molecule has 0 bridgehead atoms. The number of aliphatic hydroxyl groups is 2. The van der Waals surface area contributed by atoms with Crippen LogP contribution in [0.15, 0.2) is 12.3 Å². The molecule has 0 amide bonds. The Morgan fingerprint density at radius 1 is 1.30 bits per heavy atom. The van der Waals surface area contributed by atoms with Crippen molar-refractivity contribution in [2.45, 2.75) is 46.2 Å². The van der Waals surface area contributed by atoms with Gasteiger partial charge in [0.2, 0.25) is 0 Å². The van der Waals surface area contributed by atoms with Crippen LogP contribution in [0, 0.1) is 17.3 Å². The fourth-order valence-electron chi connectivity index (χ4n) is 3.57. The number of hydrogen-bond acceptors (Lipinski definition) is 8. The van der Waals surface area contributed by atoms with Crippen molar-refractivity contribution in [2.75, 3.05) is 37.9 Å². The Labute approximate surface area is 166 Å². The average molecular weight is 403 g/mol. The molecule has 7 nitrogen and oxygen atoms in total. The highest BCUT2D eigenvalue weighted by molar-refractivity contribution is 7.99. The number of aliphatic hydroxyl groups excluding tert-OH is 2. The first-order valence-corrected chi connectivity index (χ1v) is 10.9. The van der Waals surface area contributed by atoms with Gasteiger partial charge in [0.15, 0.2) is 6.35 Å². The second-order valence-corrected chi connectivity index (χ2v) is 8.89. The van der Waals surface area contributed by atoms with Crippen LogP contribution in [0.4, 0.5) is 0 Å². The van der Waals surface area contributed by atoms with Gasteiger partial charge >= 0.3 is 5.97 Å². The highest BCUT2D eigenvalue weighted by Crippen LogP contribution is 2.51. The van der Waals surface area contributed by atoms with E-state index in [4.69, 9.17) is 9.47 Å². The Kier molecular flexibility index (Phi) is 8.88. The van der Waals surface area contributed by atoms with Gasteiger partial charge in [0.25, 0.3) is 0 Å². The molecule has 0 aromatic heterocycles. The normalized spacial score (nSPS) is 33.0. The van der Waals surface area contributed by atoms with E-state index in [2.05, 4.69) is 19.2 Å². The summed E-state index contributed by atoms with van der Waals surface area (Å²) in [6.07, 6.45) is 3.33. The van der Waals surface area contributed by atoms with E-state index < -0.39 is 12.6 Å². The lowest BCUT2D eigenvalue weighted by Crippen LogP contribution is -2.50. The van der Waals surface area contributed by atoms with Crippen molar-refractivity contribution in [3.63, 3.8) is 0 Å². The zero-order valence-corrected chi connectivity index (χ0v) is 17.4. The van der Waals surface area contributed by atoms with Crippen molar-refractivity contribution in [2.24, 2.45) is 17.3 Å². The van der Waals surface area contributed by atoms with Crippen LogP contribution < -0.4 is 5.32 Å². The molecule has 27 heavy (non-hydrogen) atoms. The molecule has 1 aliphatic heterocycles. The fourth-order valence-corrected chi connectivity index (χ4v) is 4.21. The molecule has 0 saturated heterocycles. The summed E-state index contributed by atoms with van der Waals surface area (Å²) in [6.45, 7) is 8.70. The molecule has 5 atom stereocenters. The van der Waals surface area contributed by atoms with Gasteiger partial charge in [-0.25, -0.2) is 5.32 Å². The first-order chi connectivity index (χ1) is 12.8. The highest BCUT2D eigenvalue weighted by Gasteiger charge is 2.51. The van der Waals surface area contributed by atoms with E-state index >= 15 is 0 Å². The van der Waals surface area contributed by atoms with Gasteiger partial charge in [-0.1, -0.05) is 13.8 Å². The lowest BCUT2D eigenvalue weighted by Gasteiger charge is -2.48. The van der Waals surface area contributed by atoms with E-state index in [-0.39, 0.29) is 11.4 Å². The maximum atomic E-state index is 12.2. The molecule has 8 heteroatoms. The second kappa shape index (κ2) is 10.7. The fraction of sp³-hybridized carbons (Fsp3) is 0.842. The van der Waals surface area contributed by atoms with Crippen molar-refractivity contribution in [3.05, 3.63) is 12.3 Å². The predicted molar refractivity (Wildman–Crippen MR) is 106 cm³/mol. The average Bonchev–Trinajstić information content (AvgIpc) is 2.64. The summed E-state index contributed by atoms with van der Waals surface area (Å²) in [5.41, 5.74) is -0.294. The smallest absolute Gasteiger partial charge is 0.312 e. The van der Waals surface area contributed by atoms with Gasteiger partial charge in [-0.3, -0.25) is 4.79 Å². The zero-order chi connectivity index (χ0) is 19.9. The first kappa shape index (κ1) is 22.5. The summed E-state index contributed by atoms with van der Waals surface area (Å²) in [5.74, 6) is 2.59. The van der Waals surface area contributed by atoms with Gasteiger partial charge in [0.05, 0.1) is 12.0 Å². The summed E-state index contributed by atoms with van der Waals surface area (Å²) in [6, 6.07) is 0. The van der Waals surface area contributed by atoms with Crippen molar-refractivity contribution in [1.82, 2.24) is 10.2 Å². The van der Waals surface area contributed by atoms with Crippen LogP contribution >= 0.6 is 11.8 Å². The highest BCUT2D eigenvalue weighted by atomic mass is 32.2. The summed E-state index contributed by atoms with van der Waals surface area (Å²) in [5, 5.41) is 21.6. The van der Waals surface area contributed by atoms with Crippen molar-refractivity contribution >= 4 is 17.7 Å². The number of thioether (sulfide) groups is 1. The Hall–Kier alpha value is -0.800. The van der Waals surface area contributed by atoms with Gasteiger partial charge in [-0.15, -0.1) is 0 Å². The minimum atomic E-state index is -0.864. The molecule has 2 aliphatic rings. The maximum absolute atomic E-state index is 12.2. The minimum Gasteiger partial charge on any atom is -0.464 e. The van der Waals surface area contributed by atoms with Crippen LogP contribution in [-0.2, 0) is 14.3 Å². The van der Waals surface area contributed by atoms with E-state index in [0.29, 0.717) is 38.2 Å². The number of nitrogens with zero attached hydrogens (tertiary/aromatic N) is 1. The van der Waals surface area contributed by atoms with Gasteiger partial charge in [0.1, 0.15) is 12.8 Å². The minimum absolute atomic E-state index is 0.0547. The second-order valence-electron chi connectivity index (χ2n) is 7.67. The lowest BCUT2D eigenvalue weighted by atomic mass is 9.56. The van der Waals surface area contributed by atoms with Crippen LogP contribution in [0.1, 0.15) is 33.6 Å². The number of rotatable bonds is 11. The van der Waals surface area contributed by atoms with Gasteiger partial charge in [0, 0.05) is 30.9 Å². The van der Waals surface area contributed by atoms with Gasteiger partial charge in [-0.05, 0) is 37.7 Å². The molecule has 2 rings (SSSR count). The number of hydrogen-bond donors (Lipinski definition) is 3. The third-order valence-electron chi connectivity index (χ3n) is 5.70. The Morgan fingerprint density at radius 3 is 2.70 bits per heavy atom. The van der Waals surface area contributed by atoms with Crippen LogP contribution in [0.3, 0.4) is 0 Å². The molecule has 1 fully saturated rings. The Bertz CT molecular complexity index is 506. The van der Waals surface area contributed by atoms with E-state index in [1.165, 1.54) is 0 Å². The van der Waals surface area contributed by atoms with E-state index in [1.807, 2.05) is 6.92 Å². The Morgan fingerprint density at radius 2 is 2.04 bits per heavy atom. The molecule has 0 aromatic rings. The number of nitrogens with one attached hydrogen (secondary N) is 1. The predicted octanol–water partition coefficient (Wildman–Crippen LogP) is 1.36. The third-order valence-corrected chi connectivity index (χ3v) is 6.61. The quantitative estimate of drug-likeness (QED) is 0.353. The van der Waals surface area contributed by atoms with Crippen LogP contribution in [0.25, 0.3) is 0 Å². The van der Waals surface area contributed by atoms with Gasteiger partial charge < -0.3 is 24.6 Å². The molecular weight excluding hydrogens is 368 g/mol. The van der Waals surface area contributed by atoms with E-state index in [1.54, 1.807) is 28.9 Å². The Balaban J connectivity index is 1.41. The molecule has 5 unspecified atom stereocenters. The molecule has 0 spiro atoms. The molecule has 1 saturated carbocycles. The number of carbonyl (C=O) groups is 1. The topological polar surface area (TPSA) is 91.3 Å². The maximum Gasteiger partial charge on any atom is 0.312 e. The largest absolute Gasteiger partial charge is 0.464 e. The third kappa shape index (κ3) is 6.35. The first-order valence-electron chi connectivity index (χ1n) is 9.73. The SMILES string of the molecule is CC1CC(C)(C(=O)OCCSCCOCCCN2C=CC(O)NC2O)C1C. The van der Waals surface area contributed by atoms with E-state index in [9.17, 15) is 15.0 Å². The van der Waals surface area contributed by atoms with Crippen LogP contribution in [-0.4, -0.2) is 71.5 Å².